The molecule has 152 valence electrons. The highest BCUT2D eigenvalue weighted by Gasteiger charge is 2.54. The molecule has 0 aromatic carbocycles. The largest absolute Gasteiger partial charge is 0.341 e. The van der Waals surface area contributed by atoms with Crippen LogP contribution in [-0.4, -0.2) is 66.8 Å². The molecule has 2 aliphatic rings. The second-order valence-corrected chi connectivity index (χ2v) is 8.83. The fraction of sp³-hybridized carbons (Fsp3) is 0.700. The van der Waals surface area contributed by atoms with Crippen molar-refractivity contribution in [2.24, 2.45) is 18.9 Å². The molecule has 8 heteroatoms. The minimum Gasteiger partial charge on any atom is -0.341 e. The van der Waals surface area contributed by atoms with Gasteiger partial charge in [-0.15, -0.1) is 0 Å². The number of carbonyl (C=O) groups excluding carboxylic acids is 1. The summed E-state index contributed by atoms with van der Waals surface area (Å²) < 4.78 is 1.93. The first-order valence-corrected chi connectivity index (χ1v) is 10.2. The van der Waals surface area contributed by atoms with Gasteiger partial charge in [0.1, 0.15) is 5.82 Å². The predicted octanol–water partition coefficient (Wildman–Crippen LogP) is 1.41. The maximum Gasteiger partial charge on any atom is 0.225 e. The van der Waals surface area contributed by atoms with Crippen LogP contribution in [0, 0.1) is 25.7 Å². The van der Waals surface area contributed by atoms with Crippen molar-refractivity contribution in [1.29, 1.82) is 0 Å². The number of hydrogen-bond acceptors (Lipinski definition) is 5. The van der Waals surface area contributed by atoms with Crippen molar-refractivity contribution in [3.8, 4) is 0 Å². The second-order valence-electron chi connectivity index (χ2n) is 8.83. The van der Waals surface area contributed by atoms with Crippen LogP contribution in [0.25, 0.3) is 0 Å². The van der Waals surface area contributed by atoms with E-state index in [0.717, 1.165) is 50.8 Å². The molecule has 28 heavy (non-hydrogen) atoms. The average molecular weight is 386 g/mol. The normalized spacial score (nSPS) is 25.5. The molecule has 0 unspecified atom stereocenters. The molecule has 0 bridgehead atoms. The molecule has 8 nitrogen and oxygen atoms in total. The van der Waals surface area contributed by atoms with Gasteiger partial charge in [-0.1, -0.05) is 13.8 Å². The van der Waals surface area contributed by atoms with Crippen molar-refractivity contribution < 1.29 is 4.79 Å². The van der Waals surface area contributed by atoms with Gasteiger partial charge in [-0.2, -0.15) is 10.2 Å². The van der Waals surface area contributed by atoms with Gasteiger partial charge in [0.05, 0.1) is 11.6 Å². The van der Waals surface area contributed by atoms with Gasteiger partial charge in [-0.25, -0.2) is 4.98 Å². The summed E-state index contributed by atoms with van der Waals surface area (Å²) >= 11 is 0. The summed E-state index contributed by atoms with van der Waals surface area (Å²) in [5.41, 5.74) is 2.34. The number of amides is 1. The highest BCUT2D eigenvalue weighted by molar-refractivity contribution is 5.78. The van der Waals surface area contributed by atoms with Gasteiger partial charge in [-0.05, 0) is 26.8 Å². The Morgan fingerprint density at radius 1 is 1.36 bits per heavy atom. The monoisotopic (exact) mass is 385 g/mol. The Morgan fingerprint density at radius 3 is 2.75 bits per heavy atom. The van der Waals surface area contributed by atoms with Gasteiger partial charge in [0.25, 0.3) is 0 Å². The number of aromatic amines is 1. The van der Waals surface area contributed by atoms with Crippen molar-refractivity contribution in [3.63, 3.8) is 0 Å². The van der Waals surface area contributed by atoms with E-state index in [0.29, 0.717) is 5.92 Å². The molecule has 2 atom stereocenters. The van der Waals surface area contributed by atoms with Crippen molar-refractivity contribution >= 4 is 5.91 Å². The Balaban J connectivity index is 1.58. The summed E-state index contributed by atoms with van der Waals surface area (Å²) in [5.74, 6) is 2.31. The SMILES string of the molecule is Cc1nc([C@@]23CCN(Cc4cnn(C)c4C)C[C@@H]2CN(C(=O)C(C)C)C3)n[nH]1. The van der Waals surface area contributed by atoms with E-state index in [1.54, 1.807) is 0 Å². The van der Waals surface area contributed by atoms with E-state index in [1.165, 1.54) is 11.3 Å². The molecule has 2 aliphatic heterocycles. The van der Waals surface area contributed by atoms with E-state index >= 15 is 0 Å². The van der Waals surface area contributed by atoms with Gasteiger partial charge in [0.2, 0.25) is 5.91 Å². The quantitative estimate of drug-likeness (QED) is 0.860. The minimum atomic E-state index is -0.143. The zero-order chi connectivity index (χ0) is 20.1. The minimum absolute atomic E-state index is 0.0141. The molecule has 4 heterocycles. The second kappa shape index (κ2) is 6.99. The van der Waals surface area contributed by atoms with Crippen LogP contribution in [0.4, 0.5) is 0 Å². The van der Waals surface area contributed by atoms with E-state index in [-0.39, 0.29) is 17.2 Å². The van der Waals surface area contributed by atoms with Gasteiger partial charge < -0.3 is 4.90 Å². The lowest BCUT2D eigenvalue weighted by molar-refractivity contribution is -0.133. The maximum absolute atomic E-state index is 12.7. The van der Waals surface area contributed by atoms with Crippen LogP contribution in [0.15, 0.2) is 6.20 Å². The van der Waals surface area contributed by atoms with Crippen LogP contribution in [0.3, 0.4) is 0 Å². The summed E-state index contributed by atoms with van der Waals surface area (Å²) in [7, 11) is 1.98. The first-order chi connectivity index (χ1) is 13.3. The van der Waals surface area contributed by atoms with Crippen LogP contribution in [0.1, 0.15) is 43.2 Å². The molecule has 2 saturated heterocycles. The summed E-state index contributed by atoms with van der Waals surface area (Å²) in [6.45, 7) is 12.3. The number of nitrogens with zero attached hydrogens (tertiary/aromatic N) is 6. The molecular weight excluding hydrogens is 354 g/mol. The maximum atomic E-state index is 12.7. The number of H-pyrrole nitrogens is 1. The number of nitrogens with one attached hydrogen (secondary N) is 1. The summed E-state index contributed by atoms with van der Waals surface area (Å²) in [5, 5.41) is 11.9. The van der Waals surface area contributed by atoms with Crippen LogP contribution < -0.4 is 0 Å². The van der Waals surface area contributed by atoms with Gasteiger partial charge in [0.15, 0.2) is 5.82 Å². The number of likely N-dealkylation sites (tertiary alicyclic amines) is 2. The molecule has 2 aromatic heterocycles. The highest BCUT2D eigenvalue weighted by atomic mass is 16.2. The summed E-state index contributed by atoms with van der Waals surface area (Å²) in [6, 6.07) is 0. The zero-order valence-electron chi connectivity index (χ0n) is 17.6. The third-order valence-electron chi connectivity index (χ3n) is 6.63. The number of rotatable bonds is 4. The third kappa shape index (κ3) is 3.13. The van der Waals surface area contributed by atoms with Crippen LogP contribution in [0.2, 0.25) is 0 Å². The Labute approximate surface area is 166 Å². The number of aromatic nitrogens is 5. The molecule has 2 aromatic rings. The van der Waals surface area contributed by atoms with Crippen LogP contribution in [-0.2, 0) is 23.8 Å². The Morgan fingerprint density at radius 2 is 2.14 bits per heavy atom. The van der Waals surface area contributed by atoms with Crippen LogP contribution >= 0.6 is 0 Å². The average Bonchev–Trinajstić information content (AvgIpc) is 3.34. The predicted molar refractivity (Wildman–Crippen MR) is 106 cm³/mol. The lowest BCUT2D eigenvalue weighted by atomic mass is 9.72. The van der Waals surface area contributed by atoms with E-state index in [1.807, 2.05) is 43.6 Å². The fourth-order valence-corrected chi connectivity index (χ4v) is 4.80. The zero-order valence-corrected chi connectivity index (χ0v) is 17.6. The standard InChI is InChI=1S/C20H31N7O/c1-13(2)18(28)27-11-17-10-26(9-16-8-21-25(5)14(16)3)7-6-20(17,12-27)19-22-15(4)23-24-19/h8,13,17H,6-7,9-12H2,1-5H3,(H,22,23,24)/t17-,20-/m1/s1. The Hall–Kier alpha value is -2.22. The summed E-state index contributed by atoms with van der Waals surface area (Å²) in [4.78, 5) is 22.0. The van der Waals surface area contributed by atoms with Crippen molar-refractivity contribution in [2.75, 3.05) is 26.2 Å². The molecule has 0 spiro atoms. The topological polar surface area (TPSA) is 82.9 Å². The van der Waals surface area contributed by atoms with Crippen molar-refractivity contribution in [3.05, 3.63) is 29.1 Å². The first-order valence-electron chi connectivity index (χ1n) is 10.2. The number of aryl methyl sites for hydroxylation is 2. The summed E-state index contributed by atoms with van der Waals surface area (Å²) in [6.07, 6.45) is 2.94. The molecule has 1 N–H and O–H groups in total. The number of fused-ring (bicyclic) bond motifs is 1. The molecule has 2 fully saturated rings. The fourth-order valence-electron chi connectivity index (χ4n) is 4.80. The lowest BCUT2D eigenvalue weighted by Crippen LogP contribution is -2.49. The number of hydrogen-bond donors (Lipinski definition) is 1. The first kappa shape index (κ1) is 19.1. The Bertz CT molecular complexity index is 870. The lowest BCUT2D eigenvalue weighted by Gasteiger charge is -2.41. The van der Waals surface area contributed by atoms with E-state index < -0.39 is 0 Å². The van der Waals surface area contributed by atoms with Gasteiger partial charge in [0, 0.05) is 56.3 Å². The molecule has 0 aliphatic carbocycles. The smallest absolute Gasteiger partial charge is 0.225 e. The molecule has 0 radical (unpaired) electrons. The van der Waals surface area contributed by atoms with Crippen LogP contribution in [0.5, 0.6) is 0 Å². The molecule has 1 amide bonds. The number of piperidine rings is 1. The third-order valence-corrected chi connectivity index (χ3v) is 6.63. The van der Waals surface area contributed by atoms with Gasteiger partial charge in [-0.3, -0.25) is 19.5 Å². The molecule has 0 saturated carbocycles. The van der Waals surface area contributed by atoms with Crippen molar-refractivity contribution in [1.82, 2.24) is 34.8 Å². The highest BCUT2D eigenvalue weighted by Crippen LogP contribution is 2.44. The van der Waals surface area contributed by atoms with Gasteiger partial charge >= 0.3 is 0 Å². The van der Waals surface area contributed by atoms with E-state index in [2.05, 4.69) is 27.1 Å². The van der Waals surface area contributed by atoms with E-state index in [9.17, 15) is 4.79 Å². The Kier molecular flexibility index (Phi) is 4.77. The van der Waals surface area contributed by atoms with E-state index in [4.69, 9.17) is 4.98 Å². The molecular formula is C20H31N7O. The number of carbonyl (C=O) groups is 1. The van der Waals surface area contributed by atoms with Crippen molar-refractivity contribution in [2.45, 2.75) is 46.1 Å². The molecule has 4 rings (SSSR count).